The first-order valence-electron chi connectivity index (χ1n) is 6.45. The van der Waals surface area contributed by atoms with Gasteiger partial charge < -0.3 is 9.84 Å². The zero-order valence-electron chi connectivity index (χ0n) is 12.3. The highest BCUT2D eigenvalue weighted by Crippen LogP contribution is 2.34. The highest BCUT2D eigenvalue weighted by atomic mass is 35.5. The van der Waals surface area contributed by atoms with Gasteiger partial charge in [0.25, 0.3) is 0 Å². The topological polar surface area (TPSA) is 59.4 Å². The van der Waals surface area contributed by atoms with Crippen LogP contribution < -0.4 is 4.74 Å². The summed E-state index contributed by atoms with van der Waals surface area (Å²) in [4.78, 5) is 15.6. The van der Waals surface area contributed by atoms with Crippen molar-refractivity contribution in [2.45, 2.75) is 27.7 Å². The van der Waals surface area contributed by atoms with Gasteiger partial charge in [0.15, 0.2) is 0 Å². The Kier molecular flexibility index (Phi) is 4.19. The van der Waals surface area contributed by atoms with Gasteiger partial charge in [-0.3, -0.25) is 4.98 Å². The fourth-order valence-corrected chi connectivity index (χ4v) is 2.63. The second kappa shape index (κ2) is 5.74. The fraction of sp³-hybridized carbons (Fsp3) is 0.250. The highest BCUT2D eigenvalue weighted by Gasteiger charge is 2.18. The molecule has 5 heteroatoms. The molecule has 0 fully saturated rings. The Hall–Kier alpha value is -2.07. The molecule has 0 atom stereocenters. The number of hydrogen-bond donors (Lipinski definition) is 1. The number of ether oxygens (including phenoxy) is 1. The maximum atomic E-state index is 11.4. The van der Waals surface area contributed by atoms with Crippen LogP contribution in [0.4, 0.5) is 0 Å². The van der Waals surface area contributed by atoms with Gasteiger partial charge in [0.1, 0.15) is 17.1 Å². The molecule has 0 saturated carbocycles. The van der Waals surface area contributed by atoms with Gasteiger partial charge in [-0.1, -0.05) is 11.6 Å². The molecule has 0 unspecified atom stereocenters. The number of aromatic nitrogens is 1. The molecule has 0 aliphatic carbocycles. The minimum Gasteiger partial charge on any atom is -0.477 e. The normalized spacial score (nSPS) is 10.5. The monoisotopic (exact) mass is 305 g/mol. The molecule has 1 aromatic heterocycles. The molecule has 0 radical (unpaired) electrons. The summed E-state index contributed by atoms with van der Waals surface area (Å²) in [6, 6.07) is 5.19. The molecule has 0 amide bonds. The Bertz CT molecular complexity index is 703. The van der Waals surface area contributed by atoms with Crippen molar-refractivity contribution in [1.29, 1.82) is 0 Å². The molecule has 0 aliphatic heterocycles. The molecular weight excluding hydrogens is 290 g/mol. The van der Waals surface area contributed by atoms with E-state index in [2.05, 4.69) is 4.98 Å². The zero-order valence-corrected chi connectivity index (χ0v) is 13.1. The van der Waals surface area contributed by atoms with Gasteiger partial charge in [-0.05, 0) is 51.0 Å². The van der Waals surface area contributed by atoms with E-state index in [1.54, 1.807) is 32.0 Å². The summed E-state index contributed by atoms with van der Waals surface area (Å²) in [6.45, 7) is 7.20. The Morgan fingerprint density at radius 2 is 1.71 bits per heavy atom. The Morgan fingerprint density at radius 3 is 2.24 bits per heavy atom. The summed E-state index contributed by atoms with van der Waals surface area (Å²) in [5.74, 6) is -0.146. The van der Waals surface area contributed by atoms with Gasteiger partial charge in [0.05, 0.1) is 5.69 Å². The van der Waals surface area contributed by atoms with Crippen molar-refractivity contribution in [3.05, 3.63) is 51.3 Å². The molecule has 21 heavy (non-hydrogen) atoms. The van der Waals surface area contributed by atoms with Crippen molar-refractivity contribution >= 4 is 17.6 Å². The Labute approximate surface area is 128 Å². The number of carboxylic acid groups (broad SMARTS) is 1. The van der Waals surface area contributed by atoms with Gasteiger partial charge in [0, 0.05) is 16.8 Å². The van der Waals surface area contributed by atoms with Crippen molar-refractivity contribution in [3.8, 4) is 11.5 Å². The van der Waals surface area contributed by atoms with E-state index < -0.39 is 5.97 Å². The molecule has 0 spiro atoms. The van der Waals surface area contributed by atoms with Crippen LogP contribution >= 0.6 is 11.6 Å². The van der Waals surface area contributed by atoms with Crippen LogP contribution in [0.3, 0.4) is 0 Å². The predicted octanol–water partition coefficient (Wildman–Crippen LogP) is 4.46. The second-order valence-electron chi connectivity index (χ2n) is 5.00. The molecule has 1 heterocycles. The molecule has 0 saturated heterocycles. The third-order valence-electron chi connectivity index (χ3n) is 3.14. The van der Waals surface area contributed by atoms with Crippen LogP contribution in [0, 0.1) is 27.7 Å². The molecule has 0 aliphatic rings. The third kappa shape index (κ3) is 3.16. The van der Waals surface area contributed by atoms with E-state index in [1.807, 2.05) is 13.8 Å². The van der Waals surface area contributed by atoms with Gasteiger partial charge in [-0.15, -0.1) is 0 Å². The molecule has 2 aromatic rings. The number of carbonyl (C=O) groups is 1. The first-order chi connectivity index (χ1) is 9.79. The van der Waals surface area contributed by atoms with Crippen molar-refractivity contribution < 1.29 is 14.6 Å². The summed E-state index contributed by atoms with van der Waals surface area (Å²) in [5, 5.41) is 9.98. The van der Waals surface area contributed by atoms with Crippen LogP contribution in [0.15, 0.2) is 18.2 Å². The molecule has 1 aromatic carbocycles. The van der Waals surface area contributed by atoms with Crippen LogP contribution in [0.25, 0.3) is 0 Å². The lowest BCUT2D eigenvalue weighted by molar-refractivity contribution is 0.0692. The van der Waals surface area contributed by atoms with E-state index in [-0.39, 0.29) is 5.56 Å². The lowest BCUT2D eigenvalue weighted by Gasteiger charge is -2.15. The molecule has 0 bridgehead atoms. The summed E-state index contributed by atoms with van der Waals surface area (Å²) in [7, 11) is 0. The lowest BCUT2D eigenvalue weighted by atomic mass is 10.1. The smallest absolute Gasteiger partial charge is 0.341 e. The number of halogens is 1. The van der Waals surface area contributed by atoms with Crippen LogP contribution in [0.5, 0.6) is 11.5 Å². The highest BCUT2D eigenvalue weighted by molar-refractivity contribution is 6.30. The lowest BCUT2D eigenvalue weighted by Crippen LogP contribution is -2.06. The van der Waals surface area contributed by atoms with Crippen molar-refractivity contribution in [2.24, 2.45) is 0 Å². The molecule has 2 rings (SSSR count). The summed E-state index contributed by atoms with van der Waals surface area (Å²) in [5.41, 5.74) is 2.92. The predicted molar refractivity (Wildman–Crippen MR) is 81.7 cm³/mol. The average Bonchev–Trinajstić information content (AvgIpc) is 2.32. The number of benzene rings is 1. The number of aryl methyl sites for hydroxylation is 4. The van der Waals surface area contributed by atoms with E-state index in [1.165, 1.54) is 0 Å². The maximum absolute atomic E-state index is 11.4. The molecular formula is C16H16ClNO3. The van der Waals surface area contributed by atoms with E-state index in [0.29, 0.717) is 27.9 Å². The molecule has 1 N–H and O–H groups in total. The summed E-state index contributed by atoms with van der Waals surface area (Å²) in [6.07, 6.45) is 0. The van der Waals surface area contributed by atoms with Crippen LogP contribution in [-0.2, 0) is 0 Å². The average molecular weight is 306 g/mol. The quantitative estimate of drug-likeness (QED) is 0.909. The van der Waals surface area contributed by atoms with Crippen LogP contribution in [-0.4, -0.2) is 16.1 Å². The van der Waals surface area contributed by atoms with Gasteiger partial charge in [-0.2, -0.15) is 0 Å². The van der Waals surface area contributed by atoms with Gasteiger partial charge >= 0.3 is 5.97 Å². The van der Waals surface area contributed by atoms with Crippen molar-refractivity contribution in [3.63, 3.8) is 0 Å². The molecule has 4 nitrogen and oxygen atoms in total. The Morgan fingerprint density at radius 1 is 1.14 bits per heavy atom. The first kappa shape index (κ1) is 15.3. The van der Waals surface area contributed by atoms with Crippen molar-refractivity contribution in [1.82, 2.24) is 4.98 Å². The van der Waals surface area contributed by atoms with E-state index in [9.17, 15) is 9.90 Å². The zero-order chi connectivity index (χ0) is 15.7. The van der Waals surface area contributed by atoms with E-state index in [4.69, 9.17) is 16.3 Å². The minimum atomic E-state index is -1.06. The van der Waals surface area contributed by atoms with E-state index >= 15 is 0 Å². The number of aromatic carboxylic acids is 1. The first-order valence-corrected chi connectivity index (χ1v) is 6.83. The summed E-state index contributed by atoms with van der Waals surface area (Å²) < 4.78 is 5.87. The SMILES string of the molecule is Cc1cc(Oc2c(C)cc(Cl)cc2C)c(C(=O)O)c(C)n1. The number of carboxylic acids is 1. The number of pyridine rings is 1. The van der Waals surface area contributed by atoms with Crippen LogP contribution in [0.2, 0.25) is 5.02 Å². The molecule has 110 valence electrons. The maximum Gasteiger partial charge on any atom is 0.341 e. The largest absolute Gasteiger partial charge is 0.477 e. The minimum absolute atomic E-state index is 0.0781. The second-order valence-corrected chi connectivity index (χ2v) is 5.43. The van der Waals surface area contributed by atoms with Gasteiger partial charge in [0.2, 0.25) is 0 Å². The standard InChI is InChI=1S/C16H16ClNO3/c1-8-5-12(17)6-9(2)15(8)21-13-7-10(3)18-11(4)14(13)16(19)20/h5-7H,1-4H3,(H,19,20). The van der Waals surface area contributed by atoms with Gasteiger partial charge in [-0.25, -0.2) is 4.79 Å². The number of nitrogens with zero attached hydrogens (tertiary/aromatic N) is 1. The number of rotatable bonds is 3. The summed E-state index contributed by atoms with van der Waals surface area (Å²) >= 11 is 6.00. The number of hydrogen-bond acceptors (Lipinski definition) is 3. The Balaban J connectivity index is 2.57. The van der Waals surface area contributed by atoms with E-state index in [0.717, 1.165) is 11.1 Å². The fourth-order valence-electron chi connectivity index (χ4n) is 2.30. The van der Waals surface area contributed by atoms with Crippen molar-refractivity contribution in [2.75, 3.05) is 0 Å². The van der Waals surface area contributed by atoms with Crippen LogP contribution in [0.1, 0.15) is 32.9 Å². The third-order valence-corrected chi connectivity index (χ3v) is 3.36.